The highest BCUT2D eigenvalue weighted by Gasteiger charge is 2.45. The van der Waals surface area contributed by atoms with E-state index in [1.165, 1.54) is 0 Å². The van der Waals surface area contributed by atoms with Gasteiger partial charge >= 0.3 is 0 Å². The van der Waals surface area contributed by atoms with Gasteiger partial charge in [0, 0.05) is 26.1 Å². The Balaban J connectivity index is 1.71. The smallest absolute Gasteiger partial charge is 0.276 e. The largest absolute Gasteiger partial charge is 0.379 e. The van der Waals surface area contributed by atoms with Gasteiger partial charge in [0.15, 0.2) is 5.69 Å². The number of hydrogen-bond acceptors (Lipinski definition) is 5. The number of rotatable bonds is 2. The van der Waals surface area contributed by atoms with Crippen molar-refractivity contribution in [1.29, 1.82) is 0 Å². The van der Waals surface area contributed by atoms with Gasteiger partial charge in [-0.05, 0) is 19.8 Å². The molecule has 3 heterocycles. The fourth-order valence-corrected chi connectivity index (χ4v) is 3.14. The van der Waals surface area contributed by atoms with Crippen molar-refractivity contribution in [3.05, 3.63) is 17.5 Å². The summed E-state index contributed by atoms with van der Waals surface area (Å²) in [4.78, 5) is 14.2. The van der Waals surface area contributed by atoms with Gasteiger partial charge in [0.05, 0.1) is 24.9 Å². The monoisotopic (exact) mass is 280 g/mol. The maximum Gasteiger partial charge on any atom is 0.276 e. The minimum absolute atomic E-state index is 0.0783. The summed E-state index contributed by atoms with van der Waals surface area (Å²) in [6, 6.07) is 1.68. The van der Waals surface area contributed by atoms with Crippen molar-refractivity contribution in [2.75, 3.05) is 26.8 Å². The van der Waals surface area contributed by atoms with E-state index in [4.69, 9.17) is 14.0 Å². The van der Waals surface area contributed by atoms with Crippen molar-refractivity contribution in [2.45, 2.75) is 37.9 Å². The first-order chi connectivity index (χ1) is 9.62. The molecule has 0 radical (unpaired) electrons. The molecule has 2 atom stereocenters. The fraction of sp³-hybridized carbons (Fsp3) is 0.714. The molecule has 0 N–H and O–H groups in total. The van der Waals surface area contributed by atoms with Gasteiger partial charge in [0.25, 0.3) is 5.91 Å². The molecule has 6 heteroatoms. The van der Waals surface area contributed by atoms with Crippen LogP contribution in [0.4, 0.5) is 0 Å². The van der Waals surface area contributed by atoms with Gasteiger partial charge in [-0.2, -0.15) is 0 Å². The molecular weight excluding hydrogens is 260 g/mol. The number of ether oxygens (including phenoxy) is 2. The molecular formula is C14H20N2O4. The van der Waals surface area contributed by atoms with E-state index in [1.807, 2.05) is 4.90 Å². The first-order valence-corrected chi connectivity index (χ1v) is 7.01. The first kappa shape index (κ1) is 13.6. The summed E-state index contributed by atoms with van der Waals surface area (Å²) in [7, 11) is 1.71. The van der Waals surface area contributed by atoms with E-state index in [9.17, 15) is 4.79 Å². The van der Waals surface area contributed by atoms with Crippen LogP contribution in [0.15, 0.2) is 10.6 Å². The van der Waals surface area contributed by atoms with Crippen LogP contribution in [0.5, 0.6) is 0 Å². The Morgan fingerprint density at radius 2 is 2.45 bits per heavy atom. The van der Waals surface area contributed by atoms with E-state index in [0.29, 0.717) is 24.6 Å². The number of likely N-dealkylation sites (tertiary alicyclic amines) is 1. The van der Waals surface area contributed by atoms with Crippen molar-refractivity contribution in [3.8, 4) is 0 Å². The zero-order chi connectivity index (χ0) is 14.2. The predicted molar refractivity (Wildman–Crippen MR) is 70.5 cm³/mol. The molecule has 1 spiro atoms. The van der Waals surface area contributed by atoms with Gasteiger partial charge < -0.3 is 18.9 Å². The Bertz CT molecular complexity index is 501. The Morgan fingerprint density at radius 1 is 1.60 bits per heavy atom. The average molecular weight is 280 g/mol. The van der Waals surface area contributed by atoms with Crippen LogP contribution in [0.1, 0.15) is 35.5 Å². The van der Waals surface area contributed by atoms with E-state index in [1.54, 1.807) is 20.1 Å². The zero-order valence-electron chi connectivity index (χ0n) is 11.9. The minimum Gasteiger partial charge on any atom is -0.379 e. The van der Waals surface area contributed by atoms with E-state index in [-0.39, 0.29) is 17.6 Å². The second-order valence-corrected chi connectivity index (χ2v) is 5.71. The lowest BCUT2D eigenvalue weighted by Crippen LogP contribution is -2.50. The second kappa shape index (κ2) is 5.18. The molecule has 2 aliphatic rings. The standard InChI is InChI=1S/C14H20N2O4/c1-10-6-12(15-20-10)13(17)16-5-3-4-14(9-16)7-11(18-2)8-19-14/h6,11H,3-5,7-9H2,1-2H3/t11-,14+/m1/s1. The zero-order valence-corrected chi connectivity index (χ0v) is 11.9. The van der Waals surface area contributed by atoms with E-state index in [2.05, 4.69) is 5.16 Å². The van der Waals surface area contributed by atoms with Crippen LogP contribution in [-0.4, -0.2) is 54.5 Å². The van der Waals surface area contributed by atoms with Crippen LogP contribution in [0.3, 0.4) is 0 Å². The summed E-state index contributed by atoms with van der Waals surface area (Å²) in [5.74, 6) is 0.571. The number of methoxy groups -OCH3 is 1. The van der Waals surface area contributed by atoms with Gasteiger partial charge in [-0.1, -0.05) is 5.16 Å². The van der Waals surface area contributed by atoms with E-state index >= 15 is 0 Å². The van der Waals surface area contributed by atoms with E-state index < -0.39 is 0 Å². The third kappa shape index (κ3) is 2.45. The Hall–Kier alpha value is -1.40. The van der Waals surface area contributed by atoms with Crippen LogP contribution in [0.25, 0.3) is 0 Å². The fourth-order valence-electron chi connectivity index (χ4n) is 3.14. The third-order valence-electron chi connectivity index (χ3n) is 4.18. The molecule has 1 aromatic heterocycles. The summed E-state index contributed by atoms with van der Waals surface area (Å²) in [6.45, 7) is 3.75. The Kier molecular flexibility index (Phi) is 3.52. The quantitative estimate of drug-likeness (QED) is 0.819. The highest BCUT2D eigenvalue weighted by atomic mass is 16.6. The summed E-state index contributed by atoms with van der Waals surface area (Å²) in [5, 5.41) is 3.81. The number of aromatic nitrogens is 1. The highest BCUT2D eigenvalue weighted by molar-refractivity contribution is 5.92. The average Bonchev–Trinajstić information content (AvgIpc) is 3.05. The van der Waals surface area contributed by atoms with Gasteiger partial charge in [-0.3, -0.25) is 4.79 Å². The predicted octanol–water partition coefficient (Wildman–Crippen LogP) is 1.39. The molecule has 2 fully saturated rings. The normalized spacial score (nSPS) is 30.1. The van der Waals surface area contributed by atoms with Crippen molar-refractivity contribution >= 4 is 5.91 Å². The van der Waals surface area contributed by atoms with Crippen molar-refractivity contribution < 1.29 is 18.8 Å². The SMILES string of the molecule is CO[C@H]1CO[C@@]2(CCCN(C(=O)c3cc(C)on3)C2)C1. The minimum atomic E-state index is -0.243. The van der Waals surface area contributed by atoms with Crippen molar-refractivity contribution in [2.24, 2.45) is 0 Å². The molecule has 3 rings (SSSR count). The van der Waals surface area contributed by atoms with Crippen LogP contribution < -0.4 is 0 Å². The first-order valence-electron chi connectivity index (χ1n) is 7.01. The summed E-state index contributed by atoms with van der Waals surface area (Å²) < 4.78 is 16.3. The molecule has 110 valence electrons. The Labute approximate surface area is 118 Å². The number of aryl methyl sites for hydroxylation is 1. The molecule has 6 nitrogen and oxygen atoms in total. The number of hydrogen-bond donors (Lipinski definition) is 0. The second-order valence-electron chi connectivity index (χ2n) is 5.71. The number of amides is 1. The lowest BCUT2D eigenvalue weighted by Gasteiger charge is -2.39. The summed E-state index contributed by atoms with van der Waals surface area (Å²) in [6.07, 6.45) is 2.91. The van der Waals surface area contributed by atoms with Crippen molar-refractivity contribution in [1.82, 2.24) is 10.1 Å². The summed E-state index contributed by atoms with van der Waals surface area (Å²) >= 11 is 0. The lowest BCUT2D eigenvalue weighted by atomic mass is 9.89. The van der Waals surface area contributed by atoms with Crippen LogP contribution in [0, 0.1) is 6.92 Å². The maximum atomic E-state index is 12.4. The molecule has 0 aliphatic carbocycles. The highest BCUT2D eigenvalue weighted by Crippen LogP contribution is 2.35. The lowest BCUT2D eigenvalue weighted by molar-refractivity contribution is -0.0460. The van der Waals surface area contributed by atoms with Crippen molar-refractivity contribution in [3.63, 3.8) is 0 Å². The van der Waals surface area contributed by atoms with E-state index in [0.717, 1.165) is 25.8 Å². The molecule has 20 heavy (non-hydrogen) atoms. The molecule has 1 aromatic rings. The van der Waals surface area contributed by atoms with Gasteiger partial charge in [0.1, 0.15) is 5.76 Å². The number of carbonyl (C=O) groups excluding carboxylic acids is 1. The molecule has 0 saturated carbocycles. The van der Waals surface area contributed by atoms with Gasteiger partial charge in [0.2, 0.25) is 0 Å². The topological polar surface area (TPSA) is 64.8 Å². The molecule has 0 aromatic carbocycles. The number of piperidine rings is 1. The van der Waals surface area contributed by atoms with Crippen LogP contribution >= 0.6 is 0 Å². The molecule has 2 aliphatic heterocycles. The van der Waals surface area contributed by atoms with Crippen LogP contribution in [-0.2, 0) is 9.47 Å². The Morgan fingerprint density at radius 3 is 3.10 bits per heavy atom. The third-order valence-corrected chi connectivity index (χ3v) is 4.18. The molecule has 0 unspecified atom stereocenters. The molecule has 0 bridgehead atoms. The van der Waals surface area contributed by atoms with Gasteiger partial charge in [-0.15, -0.1) is 0 Å². The summed E-state index contributed by atoms with van der Waals surface area (Å²) in [5.41, 5.74) is 0.133. The maximum absolute atomic E-state index is 12.4. The molecule has 2 saturated heterocycles. The molecule has 1 amide bonds. The van der Waals surface area contributed by atoms with Crippen LogP contribution in [0.2, 0.25) is 0 Å². The van der Waals surface area contributed by atoms with Gasteiger partial charge in [-0.25, -0.2) is 0 Å². The number of carbonyl (C=O) groups is 1. The number of nitrogens with zero attached hydrogens (tertiary/aromatic N) is 2.